The minimum atomic E-state index is -1.17. The molecule has 11 heteroatoms. The third-order valence-electron chi connectivity index (χ3n) is 5.68. The van der Waals surface area contributed by atoms with Crippen LogP contribution in [0.3, 0.4) is 0 Å². The summed E-state index contributed by atoms with van der Waals surface area (Å²) in [5.74, 6) is 0.465. The Bertz CT molecular complexity index is 1200. The number of carboxylic acid groups (broad SMARTS) is 1. The summed E-state index contributed by atoms with van der Waals surface area (Å²) in [5, 5.41) is 15.7. The molecule has 0 radical (unpaired) electrons. The first-order chi connectivity index (χ1) is 15.9. The highest BCUT2D eigenvalue weighted by Crippen LogP contribution is 2.19. The SMILES string of the molecule is CCC(C(=O)c1ccc(Cl)cc1)n1ncn(-c2ccc(N3CCN(C(=O)[O-])CC3)nc2)c1=O. The zero-order chi connectivity index (χ0) is 23.5. The molecule has 1 saturated heterocycles. The van der Waals surface area contributed by atoms with Gasteiger partial charge in [-0.1, -0.05) is 18.5 Å². The number of hydrogen-bond acceptors (Lipinski definition) is 7. The molecule has 33 heavy (non-hydrogen) atoms. The van der Waals surface area contributed by atoms with Crippen molar-refractivity contribution in [1.82, 2.24) is 24.2 Å². The number of hydrogen-bond donors (Lipinski definition) is 0. The molecule has 0 spiro atoms. The third-order valence-corrected chi connectivity index (χ3v) is 5.93. The molecule has 0 N–H and O–H groups in total. The van der Waals surface area contributed by atoms with E-state index in [1.165, 1.54) is 20.5 Å². The molecule has 0 saturated carbocycles. The molecular weight excluding hydrogens is 448 g/mol. The first kappa shape index (κ1) is 22.5. The second-order valence-corrected chi connectivity index (χ2v) is 8.07. The topological polar surface area (TPSA) is 116 Å². The van der Waals surface area contributed by atoms with E-state index in [9.17, 15) is 19.5 Å². The van der Waals surface area contributed by atoms with Crippen LogP contribution in [0.5, 0.6) is 0 Å². The number of carbonyl (C=O) groups excluding carboxylic acids is 2. The molecule has 4 rings (SSSR count). The maximum atomic E-state index is 13.0. The lowest BCUT2D eigenvalue weighted by Gasteiger charge is -2.36. The number of rotatable bonds is 6. The van der Waals surface area contributed by atoms with Crippen LogP contribution in [0.4, 0.5) is 10.6 Å². The van der Waals surface area contributed by atoms with E-state index >= 15 is 0 Å². The first-order valence-corrected chi connectivity index (χ1v) is 10.9. The van der Waals surface area contributed by atoms with E-state index < -0.39 is 17.8 Å². The fourth-order valence-electron chi connectivity index (χ4n) is 3.81. The van der Waals surface area contributed by atoms with Gasteiger partial charge in [0, 0.05) is 36.8 Å². The molecular formula is C22H22ClN6O4-. The summed E-state index contributed by atoms with van der Waals surface area (Å²) < 4.78 is 2.52. The van der Waals surface area contributed by atoms with Crippen LogP contribution < -0.4 is 15.7 Å². The van der Waals surface area contributed by atoms with Gasteiger partial charge in [0.25, 0.3) is 0 Å². The van der Waals surface area contributed by atoms with Crippen molar-refractivity contribution in [3.05, 3.63) is 70.0 Å². The van der Waals surface area contributed by atoms with Gasteiger partial charge >= 0.3 is 5.69 Å². The fraction of sp³-hybridized carbons (Fsp3) is 0.318. The molecule has 1 fully saturated rings. The Hall–Kier alpha value is -3.66. The molecule has 1 unspecified atom stereocenters. The Balaban J connectivity index is 1.52. The highest BCUT2D eigenvalue weighted by Gasteiger charge is 2.24. The Kier molecular flexibility index (Phi) is 6.45. The lowest BCUT2D eigenvalue weighted by molar-refractivity contribution is -0.265. The Labute approximate surface area is 194 Å². The molecule has 2 aromatic heterocycles. The maximum Gasteiger partial charge on any atom is 0.351 e. The number of anilines is 1. The van der Waals surface area contributed by atoms with E-state index in [-0.39, 0.29) is 5.78 Å². The summed E-state index contributed by atoms with van der Waals surface area (Å²) in [4.78, 5) is 44.6. The Morgan fingerprint density at radius 1 is 1.09 bits per heavy atom. The fourth-order valence-corrected chi connectivity index (χ4v) is 3.94. The summed E-state index contributed by atoms with van der Waals surface area (Å²) in [6.07, 6.45) is 2.15. The number of nitrogens with zero attached hydrogens (tertiary/aromatic N) is 6. The van der Waals surface area contributed by atoms with Crippen LogP contribution in [0, 0.1) is 0 Å². The summed E-state index contributed by atoms with van der Waals surface area (Å²) >= 11 is 5.90. The minimum absolute atomic E-state index is 0.217. The number of halogens is 1. The summed E-state index contributed by atoms with van der Waals surface area (Å²) in [7, 11) is 0. The van der Waals surface area contributed by atoms with Crippen molar-refractivity contribution in [2.45, 2.75) is 19.4 Å². The number of pyridine rings is 1. The van der Waals surface area contributed by atoms with Crippen molar-refractivity contribution in [3.63, 3.8) is 0 Å². The van der Waals surface area contributed by atoms with Crippen LogP contribution in [0.2, 0.25) is 5.02 Å². The molecule has 1 atom stereocenters. The summed E-state index contributed by atoms with van der Waals surface area (Å²) in [6.45, 7) is 3.52. The van der Waals surface area contributed by atoms with Crippen molar-refractivity contribution in [2.24, 2.45) is 0 Å². The maximum absolute atomic E-state index is 13.0. The number of piperazine rings is 1. The quantitative estimate of drug-likeness (QED) is 0.500. The Morgan fingerprint density at radius 2 is 1.79 bits per heavy atom. The van der Waals surface area contributed by atoms with E-state index in [4.69, 9.17) is 11.6 Å². The van der Waals surface area contributed by atoms with E-state index in [2.05, 4.69) is 10.1 Å². The van der Waals surface area contributed by atoms with Crippen LogP contribution in [0.25, 0.3) is 5.69 Å². The van der Waals surface area contributed by atoms with Gasteiger partial charge < -0.3 is 19.7 Å². The molecule has 1 amide bonds. The minimum Gasteiger partial charge on any atom is -0.530 e. The zero-order valence-electron chi connectivity index (χ0n) is 17.9. The van der Waals surface area contributed by atoms with Gasteiger partial charge in [0.2, 0.25) is 0 Å². The molecule has 1 aromatic carbocycles. The Morgan fingerprint density at radius 3 is 2.36 bits per heavy atom. The molecule has 172 valence electrons. The third kappa shape index (κ3) is 4.61. The van der Waals surface area contributed by atoms with Crippen LogP contribution >= 0.6 is 11.6 Å². The van der Waals surface area contributed by atoms with E-state index in [1.54, 1.807) is 42.6 Å². The zero-order valence-corrected chi connectivity index (χ0v) is 18.7. The largest absolute Gasteiger partial charge is 0.530 e. The number of amides is 1. The van der Waals surface area contributed by atoms with Gasteiger partial charge in [-0.25, -0.2) is 19.0 Å². The molecule has 3 aromatic rings. The monoisotopic (exact) mass is 469 g/mol. The van der Waals surface area contributed by atoms with Crippen LogP contribution in [-0.2, 0) is 0 Å². The first-order valence-electron chi connectivity index (χ1n) is 10.5. The second kappa shape index (κ2) is 9.45. The number of benzene rings is 1. The van der Waals surface area contributed by atoms with Crippen LogP contribution in [0.15, 0.2) is 53.7 Å². The van der Waals surface area contributed by atoms with Gasteiger partial charge in [-0.15, -0.1) is 0 Å². The van der Waals surface area contributed by atoms with E-state index in [0.29, 0.717) is 54.7 Å². The van der Waals surface area contributed by atoms with Crippen molar-refractivity contribution < 1.29 is 14.7 Å². The predicted molar refractivity (Wildman–Crippen MR) is 120 cm³/mol. The average molecular weight is 470 g/mol. The van der Waals surface area contributed by atoms with Gasteiger partial charge in [-0.05, 0) is 42.8 Å². The normalized spacial score (nSPS) is 14.8. The van der Waals surface area contributed by atoms with Gasteiger partial charge in [0.1, 0.15) is 24.3 Å². The average Bonchev–Trinajstić information content (AvgIpc) is 3.21. The lowest BCUT2D eigenvalue weighted by Crippen LogP contribution is -2.52. The van der Waals surface area contributed by atoms with Gasteiger partial charge in [0.15, 0.2) is 5.78 Å². The van der Waals surface area contributed by atoms with Crippen LogP contribution in [-0.4, -0.2) is 62.3 Å². The smallest absolute Gasteiger partial charge is 0.351 e. The standard InChI is InChI=1S/C22H23ClN6O4/c1-2-18(20(30)15-3-5-16(23)6-4-15)29-21(31)28(14-25-29)17-7-8-19(24-13-17)26-9-11-27(12-10-26)22(32)33/h3-8,13-14,18H,2,9-12H2,1H3,(H,32,33)/p-1. The van der Waals surface area contributed by atoms with Crippen molar-refractivity contribution in [3.8, 4) is 5.69 Å². The number of aromatic nitrogens is 4. The molecule has 1 aliphatic rings. The predicted octanol–water partition coefficient (Wildman–Crippen LogP) is 1.38. The highest BCUT2D eigenvalue weighted by molar-refractivity contribution is 6.30. The number of ketones is 1. The molecule has 0 bridgehead atoms. The summed E-state index contributed by atoms with van der Waals surface area (Å²) in [5.41, 5.74) is 0.524. The lowest BCUT2D eigenvalue weighted by atomic mass is 10.0. The van der Waals surface area contributed by atoms with E-state index in [0.717, 1.165) is 0 Å². The molecule has 3 heterocycles. The summed E-state index contributed by atoms with van der Waals surface area (Å²) in [6, 6.07) is 9.29. The van der Waals surface area contributed by atoms with E-state index in [1.807, 2.05) is 11.8 Å². The van der Waals surface area contributed by atoms with Crippen molar-refractivity contribution in [1.29, 1.82) is 0 Å². The number of Topliss-reactive ketones (excluding diaryl/α,β-unsaturated/α-hetero) is 1. The molecule has 10 nitrogen and oxygen atoms in total. The second-order valence-electron chi connectivity index (χ2n) is 7.64. The molecule has 0 aliphatic carbocycles. The van der Waals surface area contributed by atoms with Gasteiger partial charge in [0.05, 0.1) is 11.9 Å². The molecule has 1 aliphatic heterocycles. The highest BCUT2D eigenvalue weighted by atomic mass is 35.5. The van der Waals surface area contributed by atoms with Gasteiger partial charge in [-0.2, -0.15) is 5.10 Å². The van der Waals surface area contributed by atoms with Crippen molar-refractivity contribution >= 4 is 29.3 Å². The van der Waals surface area contributed by atoms with Gasteiger partial charge in [-0.3, -0.25) is 4.79 Å². The number of carbonyl (C=O) groups is 2. The van der Waals surface area contributed by atoms with Crippen molar-refractivity contribution in [2.75, 3.05) is 31.1 Å². The van der Waals surface area contributed by atoms with Crippen LogP contribution in [0.1, 0.15) is 29.7 Å².